The first kappa shape index (κ1) is 46.4. The third-order valence-electron chi connectivity index (χ3n) is 15.5. The zero-order valence-corrected chi connectivity index (χ0v) is 41.0. The van der Waals surface area contributed by atoms with E-state index >= 15 is 4.39 Å². The van der Waals surface area contributed by atoms with Crippen molar-refractivity contribution in [2.45, 2.75) is 115 Å². The number of halogens is 1. The molecule has 1 saturated carbocycles. The number of piperidine rings is 1. The standard InChI is InChI=1S/C55H60FN7O8/c1-28(2)49(59-54(66)68-5)51(64)61-15-7-10-42(61)39-21-37(27-57-39)33-19-38(56)48-45-24-34-17-30(11-13-41(34)63(45)53(71-47(48)25-33)32-12-14-46-31(18-32)9-8-16-70-46)36-20-40(58-26-36)44-23-35-22-43(35)62(44)52(65)50(29(3)4)60-55(67)69-6/h11-14,17-19,24-29,35,42-44,49-50,53H,7-10,15-16,20-23H2,1-6H3,(H,59,66)(H,60,67)/t35-,42+,43-,44+,49+,50+,53?/m1/s1. The summed E-state index contributed by atoms with van der Waals surface area (Å²) < 4.78 is 41.8. The Morgan fingerprint density at radius 1 is 0.775 bits per heavy atom. The Balaban J connectivity index is 0.877. The lowest BCUT2D eigenvalue weighted by molar-refractivity contribution is -0.135. The molecule has 16 heteroatoms. The Kier molecular flexibility index (Phi) is 12.0. The van der Waals surface area contributed by atoms with Crippen molar-refractivity contribution in [1.29, 1.82) is 0 Å². The number of hydrogen-bond donors (Lipinski definition) is 2. The van der Waals surface area contributed by atoms with Crippen LogP contribution < -0.4 is 20.1 Å². The number of methoxy groups -OCH3 is 2. The van der Waals surface area contributed by atoms with Gasteiger partial charge in [0.1, 0.15) is 29.4 Å². The van der Waals surface area contributed by atoms with E-state index in [0.717, 1.165) is 94.4 Å². The van der Waals surface area contributed by atoms with Gasteiger partial charge in [0, 0.05) is 60.2 Å². The maximum absolute atomic E-state index is 17.1. The Morgan fingerprint density at radius 2 is 1.48 bits per heavy atom. The van der Waals surface area contributed by atoms with Gasteiger partial charge in [0.05, 0.1) is 49.7 Å². The largest absolute Gasteiger partial charge is 0.493 e. The predicted octanol–water partition coefficient (Wildman–Crippen LogP) is 8.82. The molecule has 6 aliphatic heterocycles. The van der Waals surface area contributed by atoms with Crippen LogP contribution in [0.15, 0.2) is 77.0 Å². The van der Waals surface area contributed by atoms with E-state index in [0.29, 0.717) is 54.5 Å². The lowest BCUT2D eigenvalue weighted by atomic mass is 9.95. The highest BCUT2D eigenvalue weighted by Gasteiger charge is 2.56. The van der Waals surface area contributed by atoms with E-state index in [1.54, 1.807) is 12.3 Å². The van der Waals surface area contributed by atoms with Crippen molar-refractivity contribution in [3.8, 4) is 22.8 Å². The van der Waals surface area contributed by atoms with Crippen LogP contribution in [0.2, 0.25) is 0 Å². The summed E-state index contributed by atoms with van der Waals surface area (Å²) in [6.07, 6.45) is 7.91. The summed E-state index contributed by atoms with van der Waals surface area (Å²) in [6.45, 7) is 8.84. The number of aromatic nitrogens is 1. The van der Waals surface area contributed by atoms with E-state index in [9.17, 15) is 19.2 Å². The lowest BCUT2D eigenvalue weighted by Gasteiger charge is -2.33. The van der Waals surface area contributed by atoms with Crippen LogP contribution in [0.3, 0.4) is 0 Å². The molecule has 1 aromatic heterocycles. The van der Waals surface area contributed by atoms with Crippen molar-refractivity contribution in [3.05, 3.63) is 95.1 Å². The first-order chi connectivity index (χ1) is 34.3. The number of aryl methyl sites for hydroxylation is 1. The molecular formula is C55H60FN7O8. The molecule has 2 saturated heterocycles. The SMILES string of the molecule is COC(=O)N[C@H](C(=O)N1CCC[C@H]1C1=NC=C(c2cc(F)c3c(c2)OC(c2ccc4c(c2)CCCO4)n2c-3cc3cc(C4=CN=C([C@@H]5C[C@H]6C[C@H]6N5C(=O)[C@@H](NC(=O)OC)C(C)C)C4)ccc32)C1)C(C)C. The van der Waals surface area contributed by atoms with Crippen LogP contribution in [0.4, 0.5) is 14.0 Å². The minimum absolute atomic E-state index is 0.102. The molecule has 7 atom stereocenters. The van der Waals surface area contributed by atoms with Crippen LogP contribution in [0.25, 0.3) is 33.3 Å². The molecule has 7 heterocycles. The van der Waals surface area contributed by atoms with Gasteiger partial charge in [0.2, 0.25) is 18.0 Å². The number of nitrogens with zero attached hydrogens (tertiary/aromatic N) is 5. The van der Waals surface area contributed by atoms with Gasteiger partial charge >= 0.3 is 12.2 Å². The van der Waals surface area contributed by atoms with E-state index in [-0.39, 0.29) is 41.8 Å². The topological polar surface area (TPSA) is 165 Å². The number of nitrogens with one attached hydrogen (secondary N) is 2. The monoisotopic (exact) mass is 965 g/mol. The van der Waals surface area contributed by atoms with Crippen molar-refractivity contribution >= 4 is 57.5 Å². The molecule has 4 amide bonds. The number of ether oxygens (including phenoxy) is 4. The fourth-order valence-corrected chi connectivity index (χ4v) is 11.8. The first-order valence-corrected chi connectivity index (χ1v) is 25.0. The molecule has 3 fully saturated rings. The number of carbonyl (C=O) groups is 4. The second-order valence-corrected chi connectivity index (χ2v) is 20.7. The third-order valence-corrected chi connectivity index (χ3v) is 15.5. The number of carbonyl (C=O) groups excluding carboxylic acids is 4. The van der Waals surface area contributed by atoms with Crippen molar-refractivity contribution in [1.82, 2.24) is 25.0 Å². The van der Waals surface area contributed by atoms with E-state index in [2.05, 4.69) is 39.5 Å². The van der Waals surface area contributed by atoms with Crippen molar-refractivity contribution < 1.29 is 42.5 Å². The highest BCUT2D eigenvalue weighted by Crippen LogP contribution is 2.51. The normalized spacial score (nSPS) is 23.6. The molecule has 4 aromatic rings. The smallest absolute Gasteiger partial charge is 0.407 e. The van der Waals surface area contributed by atoms with Crippen LogP contribution in [0.1, 0.15) is 101 Å². The molecule has 0 radical (unpaired) electrons. The average molecular weight is 966 g/mol. The van der Waals surface area contributed by atoms with E-state index in [1.807, 2.05) is 68.0 Å². The average Bonchev–Trinajstić information content (AvgIpc) is 4.03. The summed E-state index contributed by atoms with van der Waals surface area (Å²) in [5, 5.41) is 6.40. The summed E-state index contributed by atoms with van der Waals surface area (Å²) >= 11 is 0. The Bertz CT molecular complexity index is 3010. The Morgan fingerprint density at radius 3 is 2.20 bits per heavy atom. The molecule has 7 aliphatic rings. The molecule has 15 nitrogen and oxygen atoms in total. The summed E-state index contributed by atoms with van der Waals surface area (Å²) in [5.74, 6) is 0.717. The van der Waals surface area contributed by atoms with Crippen molar-refractivity contribution in [2.24, 2.45) is 27.7 Å². The number of benzene rings is 3. The molecule has 0 spiro atoms. The number of likely N-dealkylation sites (tertiary alicyclic amines) is 2. The fraction of sp³-hybridized carbons (Fsp3) is 0.455. The lowest BCUT2D eigenvalue weighted by Crippen LogP contribution is -2.54. The Labute approximate surface area is 412 Å². The van der Waals surface area contributed by atoms with E-state index in [1.165, 1.54) is 14.2 Å². The van der Waals surface area contributed by atoms with Crippen molar-refractivity contribution in [2.75, 3.05) is 27.4 Å². The minimum Gasteiger partial charge on any atom is -0.493 e. The summed E-state index contributed by atoms with van der Waals surface area (Å²) in [5.41, 5.74) is 9.20. The summed E-state index contributed by atoms with van der Waals surface area (Å²) in [6, 6.07) is 16.3. The molecule has 71 heavy (non-hydrogen) atoms. The van der Waals surface area contributed by atoms with Crippen LogP contribution >= 0.6 is 0 Å². The highest BCUT2D eigenvalue weighted by atomic mass is 19.1. The summed E-state index contributed by atoms with van der Waals surface area (Å²) in [7, 11) is 2.58. The molecule has 1 unspecified atom stereocenters. The Hall–Kier alpha value is -6.97. The van der Waals surface area contributed by atoms with Gasteiger partial charge in [-0.3, -0.25) is 19.6 Å². The molecule has 370 valence electrons. The second-order valence-electron chi connectivity index (χ2n) is 20.7. The van der Waals surface area contributed by atoms with Gasteiger partial charge in [-0.25, -0.2) is 14.0 Å². The molecule has 1 aliphatic carbocycles. The van der Waals surface area contributed by atoms with Gasteiger partial charge in [-0.2, -0.15) is 0 Å². The first-order valence-electron chi connectivity index (χ1n) is 25.0. The quantitative estimate of drug-likeness (QED) is 0.151. The molecule has 0 bridgehead atoms. The number of allylic oxidation sites excluding steroid dienone is 2. The van der Waals surface area contributed by atoms with Crippen LogP contribution in [-0.4, -0.2) is 107 Å². The van der Waals surface area contributed by atoms with Gasteiger partial charge in [-0.05, 0) is 133 Å². The number of amides is 4. The maximum atomic E-state index is 17.1. The van der Waals surface area contributed by atoms with E-state index < -0.39 is 36.3 Å². The number of hydrogen-bond acceptors (Lipinski definition) is 10. The van der Waals surface area contributed by atoms with Crippen LogP contribution in [-0.2, 0) is 25.5 Å². The molecule has 2 N–H and O–H groups in total. The van der Waals surface area contributed by atoms with E-state index in [4.69, 9.17) is 28.9 Å². The highest BCUT2D eigenvalue weighted by molar-refractivity contribution is 6.06. The maximum Gasteiger partial charge on any atom is 0.407 e. The van der Waals surface area contributed by atoms with Gasteiger partial charge in [0.25, 0.3) is 0 Å². The predicted molar refractivity (Wildman–Crippen MR) is 267 cm³/mol. The van der Waals surface area contributed by atoms with Gasteiger partial charge in [0.15, 0.2) is 0 Å². The zero-order chi connectivity index (χ0) is 49.4. The number of fused-ring (bicyclic) bond motifs is 7. The third kappa shape index (κ3) is 8.31. The van der Waals surface area contributed by atoms with Crippen LogP contribution in [0, 0.1) is 23.6 Å². The van der Waals surface area contributed by atoms with Gasteiger partial charge in [-0.1, -0.05) is 33.8 Å². The molecular weight excluding hydrogens is 906 g/mol. The zero-order valence-electron chi connectivity index (χ0n) is 41.0. The second kappa shape index (κ2) is 18.3. The minimum atomic E-state index is -0.747. The van der Waals surface area contributed by atoms with Crippen molar-refractivity contribution in [3.63, 3.8) is 0 Å². The van der Waals surface area contributed by atoms with Crippen LogP contribution in [0.5, 0.6) is 11.5 Å². The number of aliphatic imine (C=N–C) groups is 2. The number of alkyl carbamates (subject to hydrolysis) is 2. The molecule has 11 rings (SSSR count). The molecule has 3 aromatic carbocycles. The fourth-order valence-electron chi connectivity index (χ4n) is 11.8. The van der Waals surface area contributed by atoms with Gasteiger partial charge in [-0.15, -0.1) is 0 Å². The summed E-state index contributed by atoms with van der Waals surface area (Å²) in [4.78, 5) is 66.0. The number of rotatable bonds is 11. The van der Waals surface area contributed by atoms with Gasteiger partial charge < -0.3 is 43.9 Å².